The van der Waals surface area contributed by atoms with Gasteiger partial charge in [0, 0.05) is 22.1 Å². The summed E-state index contributed by atoms with van der Waals surface area (Å²) < 4.78 is 0. The maximum atomic E-state index is 6.00. The van der Waals surface area contributed by atoms with Gasteiger partial charge in [-0.15, -0.1) is 0 Å². The van der Waals surface area contributed by atoms with E-state index in [0.29, 0.717) is 16.7 Å². The summed E-state index contributed by atoms with van der Waals surface area (Å²) in [7, 11) is 0. The van der Waals surface area contributed by atoms with Crippen LogP contribution >= 0.6 is 11.6 Å². The molecular formula is C14H17ClN4. The number of hydrazine groups is 1. The molecule has 0 amide bonds. The van der Waals surface area contributed by atoms with Crippen LogP contribution < -0.4 is 11.3 Å². The Morgan fingerprint density at radius 3 is 2.47 bits per heavy atom. The van der Waals surface area contributed by atoms with E-state index < -0.39 is 0 Å². The van der Waals surface area contributed by atoms with Gasteiger partial charge in [-0.05, 0) is 12.1 Å². The first-order valence-corrected chi connectivity index (χ1v) is 6.40. The van der Waals surface area contributed by atoms with Crippen LogP contribution in [0.2, 0.25) is 5.02 Å². The summed E-state index contributed by atoms with van der Waals surface area (Å²) in [4.78, 5) is 8.97. The molecule has 2 rings (SSSR count). The molecule has 0 unspecified atom stereocenters. The largest absolute Gasteiger partial charge is 0.308 e. The second kappa shape index (κ2) is 5.15. The van der Waals surface area contributed by atoms with E-state index in [1.54, 1.807) is 0 Å². The first-order chi connectivity index (χ1) is 8.90. The number of halogens is 1. The van der Waals surface area contributed by atoms with Crippen molar-refractivity contribution in [2.75, 3.05) is 5.43 Å². The van der Waals surface area contributed by atoms with Crippen LogP contribution in [0.1, 0.15) is 26.5 Å². The zero-order chi connectivity index (χ0) is 14.0. The molecule has 3 N–H and O–H groups in total. The smallest absolute Gasteiger partial charge is 0.161 e. The van der Waals surface area contributed by atoms with Crippen LogP contribution in [0.5, 0.6) is 0 Å². The predicted octanol–water partition coefficient (Wildman–Crippen LogP) is 3.38. The van der Waals surface area contributed by atoms with E-state index in [9.17, 15) is 0 Å². The van der Waals surface area contributed by atoms with Gasteiger partial charge in [-0.2, -0.15) is 0 Å². The quantitative estimate of drug-likeness (QED) is 0.652. The van der Waals surface area contributed by atoms with Crippen molar-refractivity contribution in [1.82, 2.24) is 9.97 Å². The molecule has 1 heterocycles. The van der Waals surface area contributed by atoms with E-state index >= 15 is 0 Å². The van der Waals surface area contributed by atoms with E-state index in [4.69, 9.17) is 17.4 Å². The molecule has 0 aliphatic carbocycles. The fourth-order valence-electron chi connectivity index (χ4n) is 1.66. The van der Waals surface area contributed by atoms with Crippen molar-refractivity contribution in [2.45, 2.75) is 26.2 Å². The fourth-order valence-corrected chi connectivity index (χ4v) is 1.85. The highest BCUT2D eigenvalue weighted by atomic mass is 35.5. The highest BCUT2D eigenvalue weighted by molar-refractivity contribution is 6.30. The molecular weight excluding hydrogens is 260 g/mol. The van der Waals surface area contributed by atoms with Crippen LogP contribution in [-0.4, -0.2) is 9.97 Å². The molecule has 0 saturated carbocycles. The number of aromatic nitrogens is 2. The number of nitrogen functional groups attached to an aromatic ring is 1. The highest BCUT2D eigenvalue weighted by Gasteiger charge is 2.18. The van der Waals surface area contributed by atoms with Crippen LogP contribution in [0.4, 0.5) is 5.82 Å². The minimum atomic E-state index is -0.0815. The average Bonchev–Trinajstić information content (AvgIpc) is 2.37. The Hall–Kier alpha value is -1.65. The van der Waals surface area contributed by atoms with E-state index in [2.05, 4.69) is 36.2 Å². The molecule has 0 saturated heterocycles. The Morgan fingerprint density at radius 2 is 1.89 bits per heavy atom. The van der Waals surface area contributed by atoms with Crippen LogP contribution in [0, 0.1) is 0 Å². The van der Waals surface area contributed by atoms with Gasteiger partial charge in [0.15, 0.2) is 5.82 Å². The molecule has 0 aliphatic rings. The Kier molecular flexibility index (Phi) is 3.73. The first-order valence-electron chi connectivity index (χ1n) is 6.02. The molecule has 0 bridgehead atoms. The number of hydrogen-bond donors (Lipinski definition) is 2. The maximum Gasteiger partial charge on any atom is 0.161 e. The molecule has 0 spiro atoms. The minimum absolute atomic E-state index is 0.0815. The van der Waals surface area contributed by atoms with Crippen molar-refractivity contribution in [3.05, 3.63) is 41.0 Å². The van der Waals surface area contributed by atoms with Crippen LogP contribution in [-0.2, 0) is 5.41 Å². The van der Waals surface area contributed by atoms with Crippen molar-refractivity contribution >= 4 is 17.4 Å². The molecule has 2 aromatic rings. The standard InChI is InChI=1S/C14H17ClN4/c1-14(2,3)11-8-12(19-16)18-13(17-11)9-5-4-6-10(15)7-9/h4-8H,16H2,1-3H3,(H,17,18,19). The van der Waals surface area contributed by atoms with Gasteiger partial charge in [-0.1, -0.05) is 44.5 Å². The summed E-state index contributed by atoms with van der Waals surface area (Å²) in [6.45, 7) is 6.28. The molecule has 5 heteroatoms. The molecule has 4 nitrogen and oxygen atoms in total. The lowest BCUT2D eigenvalue weighted by molar-refractivity contribution is 0.568. The highest BCUT2D eigenvalue weighted by Crippen LogP contribution is 2.26. The van der Waals surface area contributed by atoms with Gasteiger partial charge < -0.3 is 5.43 Å². The lowest BCUT2D eigenvalue weighted by Gasteiger charge is -2.19. The number of nitrogens with zero attached hydrogens (tertiary/aromatic N) is 2. The fraction of sp³-hybridized carbons (Fsp3) is 0.286. The number of anilines is 1. The molecule has 1 aromatic heterocycles. The molecule has 0 aliphatic heterocycles. The zero-order valence-electron chi connectivity index (χ0n) is 11.2. The zero-order valence-corrected chi connectivity index (χ0v) is 12.0. The van der Waals surface area contributed by atoms with Gasteiger partial charge in [0.05, 0.1) is 5.69 Å². The summed E-state index contributed by atoms with van der Waals surface area (Å²) >= 11 is 6.00. The summed E-state index contributed by atoms with van der Waals surface area (Å²) in [5, 5.41) is 0.657. The van der Waals surface area contributed by atoms with Gasteiger partial charge in [-0.25, -0.2) is 15.8 Å². The Bertz CT molecular complexity index is 590. The molecule has 100 valence electrons. The van der Waals surface area contributed by atoms with Gasteiger partial charge in [0.1, 0.15) is 5.82 Å². The van der Waals surface area contributed by atoms with Gasteiger partial charge in [0.25, 0.3) is 0 Å². The minimum Gasteiger partial charge on any atom is -0.308 e. The number of benzene rings is 1. The third kappa shape index (κ3) is 3.22. The van der Waals surface area contributed by atoms with E-state index in [1.165, 1.54) is 0 Å². The number of rotatable bonds is 2. The lowest BCUT2D eigenvalue weighted by Crippen LogP contribution is -2.17. The monoisotopic (exact) mass is 276 g/mol. The van der Waals surface area contributed by atoms with Crippen LogP contribution in [0.3, 0.4) is 0 Å². The first kappa shape index (κ1) is 13.8. The van der Waals surface area contributed by atoms with Crippen LogP contribution in [0.25, 0.3) is 11.4 Å². The van der Waals surface area contributed by atoms with Crippen LogP contribution in [0.15, 0.2) is 30.3 Å². The van der Waals surface area contributed by atoms with E-state index in [-0.39, 0.29) is 5.41 Å². The molecule has 0 radical (unpaired) electrons. The lowest BCUT2D eigenvalue weighted by atomic mass is 9.92. The Balaban J connectivity index is 2.57. The van der Waals surface area contributed by atoms with E-state index in [1.807, 2.05) is 30.3 Å². The second-order valence-corrected chi connectivity index (χ2v) is 5.80. The van der Waals surface area contributed by atoms with Crippen molar-refractivity contribution < 1.29 is 0 Å². The Morgan fingerprint density at radius 1 is 1.16 bits per heavy atom. The summed E-state index contributed by atoms with van der Waals surface area (Å²) in [6.07, 6.45) is 0. The second-order valence-electron chi connectivity index (χ2n) is 5.37. The van der Waals surface area contributed by atoms with E-state index in [0.717, 1.165) is 11.3 Å². The predicted molar refractivity (Wildman–Crippen MR) is 79.0 cm³/mol. The topological polar surface area (TPSA) is 63.8 Å². The molecule has 1 aromatic carbocycles. The van der Waals surface area contributed by atoms with Crippen molar-refractivity contribution in [3.8, 4) is 11.4 Å². The van der Waals surface area contributed by atoms with Crippen molar-refractivity contribution in [1.29, 1.82) is 0 Å². The summed E-state index contributed by atoms with van der Waals surface area (Å²) in [5.41, 5.74) is 4.29. The third-order valence-corrected chi connectivity index (χ3v) is 2.96. The SMILES string of the molecule is CC(C)(C)c1cc(NN)nc(-c2cccc(Cl)c2)n1. The molecule has 19 heavy (non-hydrogen) atoms. The van der Waals surface area contributed by atoms with Gasteiger partial charge >= 0.3 is 0 Å². The number of nitrogens with one attached hydrogen (secondary N) is 1. The van der Waals surface area contributed by atoms with Crippen molar-refractivity contribution in [2.24, 2.45) is 5.84 Å². The van der Waals surface area contributed by atoms with Gasteiger partial charge in [0.2, 0.25) is 0 Å². The summed E-state index contributed by atoms with van der Waals surface area (Å²) in [5.74, 6) is 6.68. The third-order valence-electron chi connectivity index (χ3n) is 2.73. The molecule has 0 fully saturated rings. The number of nitrogens with two attached hydrogens (primary N) is 1. The van der Waals surface area contributed by atoms with Crippen molar-refractivity contribution in [3.63, 3.8) is 0 Å². The maximum absolute atomic E-state index is 6.00. The molecule has 0 atom stereocenters. The normalized spacial score (nSPS) is 11.4. The number of hydrogen-bond acceptors (Lipinski definition) is 4. The van der Waals surface area contributed by atoms with Gasteiger partial charge in [-0.3, -0.25) is 0 Å². The summed E-state index contributed by atoms with van der Waals surface area (Å²) in [6, 6.07) is 9.31. The average molecular weight is 277 g/mol. The Labute approximate surface area is 118 Å².